The first-order valence-electron chi connectivity index (χ1n) is 3.95. The Balaban J connectivity index is 2.43. The summed E-state index contributed by atoms with van der Waals surface area (Å²) in [4.78, 5) is 0. The van der Waals surface area contributed by atoms with Gasteiger partial charge in [0.05, 0.1) is 5.75 Å². The van der Waals surface area contributed by atoms with Gasteiger partial charge in [-0.05, 0) is 13.0 Å². The molecule has 0 saturated carbocycles. The maximum atomic E-state index is 11.2. The van der Waals surface area contributed by atoms with Gasteiger partial charge in [-0.15, -0.1) is 6.58 Å². The molecule has 1 atom stereocenters. The molecule has 0 spiro atoms. The predicted molar refractivity (Wildman–Crippen MR) is 48.4 cm³/mol. The van der Waals surface area contributed by atoms with Gasteiger partial charge >= 0.3 is 0 Å². The molecule has 1 rings (SSSR count). The molecule has 1 aliphatic heterocycles. The Hall–Kier alpha value is -0.390. The average Bonchev–Trinajstić information content (AvgIpc) is 2.38. The van der Waals surface area contributed by atoms with Gasteiger partial charge in [0.25, 0.3) is 0 Å². The predicted octanol–water partition coefficient (Wildman–Crippen LogP) is -0.546. The summed E-state index contributed by atoms with van der Waals surface area (Å²) in [5.41, 5.74) is 0. The highest BCUT2D eigenvalue weighted by Crippen LogP contribution is 1.99. The summed E-state index contributed by atoms with van der Waals surface area (Å²) in [6, 6.07) is 0.0648. The van der Waals surface area contributed by atoms with Crippen LogP contribution in [0.5, 0.6) is 0 Å². The molecule has 1 fully saturated rings. The van der Waals surface area contributed by atoms with Crippen LogP contribution in [-0.2, 0) is 10.0 Å². The Labute approximate surface area is 73.1 Å². The number of rotatable bonds is 4. The first-order valence-corrected chi connectivity index (χ1v) is 5.61. The van der Waals surface area contributed by atoms with E-state index in [0.29, 0.717) is 0 Å². The van der Waals surface area contributed by atoms with Crippen molar-refractivity contribution in [3.63, 3.8) is 0 Å². The molecule has 1 heterocycles. The van der Waals surface area contributed by atoms with Crippen molar-refractivity contribution in [2.75, 3.05) is 18.8 Å². The van der Waals surface area contributed by atoms with Crippen LogP contribution in [0, 0.1) is 0 Å². The van der Waals surface area contributed by atoms with Crippen LogP contribution in [0.3, 0.4) is 0 Å². The molecule has 70 valence electrons. The van der Waals surface area contributed by atoms with Crippen molar-refractivity contribution >= 4 is 10.0 Å². The molecule has 0 amide bonds. The SMILES string of the molecule is C=CCS(=O)(=O)N[C@H]1CCNC1. The zero-order chi connectivity index (χ0) is 9.03. The molecule has 0 radical (unpaired) electrons. The molecule has 4 nitrogen and oxygen atoms in total. The Morgan fingerprint density at radius 1 is 1.67 bits per heavy atom. The highest BCUT2D eigenvalue weighted by atomic mass is 32.2. The summed E-state index contributed by atoms with van der Waals surface area (Å²) < 4.78 is 24.9. The van der Waals surface area contributed by atoms with Crippen molar-refractivity contribution in [2.24, 2.45) is 0 Å². The lowest BCUT2D eigenvalue weighted by Crippen LogP contribution is -2.37. The van der Waals surface area contributed by atoms with Crippen LogP contribution in [0.2, 0.25) is 0 Å². The second kappa shape index (κ2) is 4.02. The lowest BCUT2D eigenvalue weighted by Gasteiger charge is -2.09. The van der Waals surface area contributed by atoms with Crippen LogP contribution in [0.15, 0.2) is 12.7 Å². The third-order valence-corrected chi connectivity index (χ3v) is 3.11. The van der Waals surface area contributed by atoms with E-state index in [-0.39, 0.29) is 11.8 Å². The minimum Gasteiger partial charge on any atom is -0.315 e. The van der Waals surface area contributed by atoms with Crippen LogP contribution in [0.1, 0.15) is 6.42 Å². The number of sulfonamides is 1. The van der Waals surface area contributed by atoms with Crippen molar-refractivity contribution in [1.82, 2.24) is 10.0 Å². The van der Waals surface area contributed by atoms with Gasteiger partial charge in [0.1, 0.15) is 0 Å². The van der Waals surface area contributed by atoms with E-state index >= 15 is 0 Å². The Kier molecular flexibility index (Phi) is 3.25. The first-order chi connectivity index (χ1) is 5.64. The van der Waals surface area contributed by atoms with Gasteiger partial charge in [0.2, 0.25) is 10.0 Å². The van der Waals surface area contributed by atoms with Gasteiger partial charge in [0, 0.05) is 12.6 Å². The lowest BCUT2D eigenvalue weighted by atomic mass is 10.3. The van der Waals surface area contributed by atoms with E-state index in [9.17, 15) is 8.42 Å². The number of hydrogen-bond acceptors (Lipinski definition) is 3. The van der Waals surface area contributed by atoms with E-state index in [4.69, 9.17) is 0 Å². The molecule has 0 aromatic carbocycles. The summed E-state index contributed by atoms with van der Waals surface area (Å²) in [6.45, 7) is 5.01. The van der Waals surface area contributed by atoms with Gasteiger partial charge in [-0.2, -0.15) is 0 Å². The van der Waals surface area contributed by atoms with E-state index in [2.05, 4.69) is 16.6 Å². The highest BCUT2D eigenvalue weighted by Gasteiger charge is 2.19. The van der Waals surface area contributed by atoms with Gasteiger partial charge in [0.15, 0.2) is 0 Å². The summed E-state index contributed by atoms with van der Waals surface area (Å²) in [5, 5.41) is 3.08. The molecule has 0 aliphatic carbocycles. The minimum atomic E-state index is -3.12. The summed E-state index contributed by atoms with van der Waals surface area (Å²) in [5.74, 6) is 0.00347. The van der Waals surface area contributed by atoms with Crippen molar-refractivity contribution in [3.05, 3.63) is 12.7 Å². The van der Waals surface area contributed by atoms with E-state index in [1.165, 1.54) is 6.08 Å². The average molecular weight is 190 g/mol. The Morgan fingerprint density at radius 2 is 2.42 bits per heavy atom. The fourth-order valence-electron chi connectivity index (χ4n) is 1.21. The zero-order valence-corrected chi connectivity index (χ0v) is 7.73. The van der Waals surface area contributed by atoms with Crippen LogP contribution in [-0.4, -0.2) is 33.3 Å². The highest BCUT2D eigenvalue weighted by molar-refractivity contribution is 7.89. The van der Waals surface area contributed by atoms with Crippen LogP contribution in [0.4, 0.5) is 0 Å². The van der Waals surface area contributed by atoms with Crippen molar-refractivity contribution in [2.45, 2.75) is 12.5 Å². The topological polar surface area (TPSA) is 58.2 Å². The molecular weight excluding hydrogens is 176 g/mol. The van der Waals surface area contributed by atoms with Gasteiger partial charge in [-0.25, -0.2) is 13.1 Å². The molecular formula is C7H14N2O2S. The Morgan fingerprint density at radius 3 is 2.92 bits per heavy atom. The second-order valence-corrected chi connectivity index (χ2v) is 4.68. The third-order valence-electron chi connectivity index (χ3n) is 1.74. The van der Waals surface area contributed by atoms with E-state index < -0.39 is 10.0 Å². The maximum absolute atomic E-state index is 11.2. The lowest BCUT2D eigenvalue weighted by molar-refractivity contribution is 0.563. The van der Waals surface area contributed by atoms with E-state index in [1.54, 1.807) is 0 Å². The smallest absolute Gasteiger partial charge is 0.215 e. The fourth-order valence-corrected chi connectivity index (χ4v) is 2.33. The first kappa shape index (κ1) is 9.70. The maximum Gasteiger partial charge on any atom is 0.215 e. The molecule has 5 heteroatoms. The molecule has 2 N–H and O–H groups in total. The van der Waals surface area contributed by atoms with Gasteiger partial charge in [-0.3, -0.25) is 0 Å². The second-order valence-electron chi connectivity index (χ2n) is 2.88. The van der Waals surface area contributed by atoms with Crippen molar-refractivity contribution < 1.29 is 8.42 Å². The summed E-state index contributed by atoms with van der Waals surface area (Å²) >= 11 is 0. The standard InChI is InChI=1S/C7H14N2O2S/c1-2-5-12(10,11)9-7-3-4-8-6-7/h2,7-9H,1,3-6H2/t7-/m0/s1. The van der Waals surface area contributed by atoms with Crippen LogP contribution >= 0.6 is 0 Å². The number of nitrogens with one attached hydrogen (secondary N) is 2. The van der Waals surface area contributed by atoms with Crippen LogP contribution in [0.25, 0.3) is 0 Å². The Bertz CT molecular complexity index is 242. The fraction of sp³-hybridized carbons (Fsp3) is 0.714. The minimum absolute atomic E-state index is 0.00347. The van der Waals surface area contributed by atoms with Gasteiger partial charge in [-0.1, -0.05) is 6.08 Å². The molecule has 0 aromatic heterocycles. The normalized spacial score (nSPS) is 24.2. The largest absolute Gasteiger partial charge is 0.315 e. The molecule has 0 aromatic rings. The van der Waals surface area contributed by atoms with Crippen LogP contribution < -0.4 is 10.0 Å². The van der Waals surface area contributed by atoms with E-state index in [1.807, 2.05) is 0 Å². The monoisotopic (exact) mass is 190 g/mol. The number of hydrogen-bond donors (Lipinski definition) is 2. The van der Waals surface area contributed by atoms with Gasteiger partial charge < -0.3 is 5.32 Å². The quantitative estimate of drug-likeness (QED) is 0.585. The zero-order valence-electron chi connectivity index (χ0n) is 6.91. The molecule has 1 saturated heterocycles. The van der Waals surface area contributed by atoms with Crippen molar-refractivity contribution in [1.29, 1.82) is 0 Å². The molecule has 12 heavy (non-hydrogen) atoms. The third kappa shape index (κ3) is 2.92. The molecule has 0 bridgehead atoms. The van der Waals surface area contributed by atoms with Crippen molar-refractivity contribution in [3.8, 4) is 0 Å². The molecule has 0 unspecified atom stereocenters. The summed E-state index contributed by atoms with van der Waals surface area (Å²) in [7, 11) is -3.12. The molecule has 1 aliphatic rings. The van der Waals surface area contributed by atoms with E-state index in [0.717, 1.165) is 19.5 Å². The summed E-state index contributed by atoms with van der Waals surface area (Å²) in [6.07, 6.45) is 2.26.